The van der Waals surface area contributed by atoms with Crippen LogP contribution in [0.5, 0.6) is 0 Å². The van der Waals surface area contributed by atoms with Gasteiger partial charge in [0.15, 0.2) is 5.69 Å². The van der Waals surface area contributed by atoms with Crippen LogP contribution < -0.4 is 0 Å². The molecule has 0 aliphatic heterocycles. The normalized spacial score (nSPS) is 7.42. The van der Waals surface area contributed by atoms with E-state index in [9.17, 15) is 0 Å². The smallest absolute Gasteiger partial charge is 0.187 e. The molecule has 0 bridgehead atoms. The maximum atomic E-state index is 8.70. The molecule has 0 aromatic heterocycles. The van der Waals surface area contributed by atoms with Crippen molar-refractivity contribution >= 4 is 5.69 Å². The highest BCUT2D eigenvalue weighted by atomic mass is 14.6. The lowest BCUT2D eigenvalue weighted by Gasteiger charge is -1.88. The molecule has 0 amide bonds. The number of benzene rings is 2. The van der Waals surface area contributed by atoms with Gasteiger partial charge < -0.3 is 0 Å². The monoisotopic (exact) mass is 300 g/mol. The molecule has 2 heteroatoms. The second-order valence-corrected chi connectivity index (χ2v) is 4.35. The lowest BCUT2D eigenvalue weighted by Crippen LogP contribution is -1.75. The summed E-state index contributed by atoms with van der Waals surface area (Å²) in [5.74, 6) is 21.6. The number of hydrogen-bond acceptors (Lipinski definition) is 1. The molecule has 0 N–H and O–H groups in total. The van der Waals surface area contributed by atoms with Crippen molar-refractivity contribution < 1.29 is 0 Å². The predicted octanol–water partition coefficient (Wildman–Crippen LogP) is 3.52. The van der Waals surface area contributed by atoms with E-state index in [0.29, 0.717) is 11.3 Å². The van der Waals surface area contributed by atoms with Crippen LogP contribution in [-0.4, -0.2) is 0 Å². The van der Waals surface area contributed by atoms with E-state index in [1.165, 1.54) is 0 Å². The van der Waals surface area contributed by atoms with E-state index in [1.54, 1.807) is 48.5 Å². The van der Waals surface area contributed by atoms with Crippen molar-refractivity contribution in [2.75, 3.05) is 0 Å². The fourth-order valence-corrected chi connectivity index (χ4v) is 1.58. The van der Waals surface area contributed by atoms with Crippen molar-refractivity contribution in [1.29, 1.82) is 5.26 Å². The van der Waals surface area contributed by atoms with Crippen LogP contribution in [-0.2, 0) is 0 Å². The molecule has 0 atom stereocenters. The average molecular weight is 300 g/mol. The molecule has 2 nitrogen and oxygen atoms in total. The van der Waals surface area contributed by atoms with Crippen LogP contribution in [0.4, 0.5) is 5.69 Å². The fraction of sp³-hybridized carbons (Fsp3) is 0. The third-order valence-electron chi connectivity index (χ3n) is 2.74. The highest BCUT2D eigenvalue weighted by molar-refractivity contribution is 5.51. The Balaban J connectivity index is 1.94. The van der Waals surface area contributed by atoms with Crippen LogP contribution in [0.1, 0.15) is 16.7 Å². The summed E-state index contributed by atoms with van der Waals surface area (Å²) in [6, 6.07) is 16.0. The van der Waals surface area contributed by atoms with Gasteiger partial charge in [-0.15, -0.1) is 0 Å². The summed E-state index contributed by atoms with van der Waals surface area (Å²) in [5, 5.41) is 8.70. The molecule has 0 radical (unpaired) electrons. The van der Waals surface area contributed by atoms with Gasteiger partial charge in [0, 0.05) is 11.1 Å². The first-order valence-electron chi connectivity index (χ1n) is 6.81. The SMILES string of the molecule is [C-]#[N+]c1ccc(C#CC#CC#CC#Cc2ccc(C#N)cc2)cc1. The van der Waals surface area contributed by atoms with Crippen molar-refractivity contribution in [3.63, 3.8) is 0 Å². The van der Waals surface area contributed by atoms with Gasteiger partial charge in [-0.05, 0) is 59.8 Å². The molecule has 0 saturated heterocycles. The predicted molar refractivity (Wildman–Crippen MR) is 93.2 cm³/mol. The van der Waals surface area contributed by atoms with Gasteiger partial charge >= 0.3 is 0 Å². The third-order valence-corrected chi connectivity index (χ3v) is 2.74. The van der Waals surface area contributed by atoms with Crippen molar-refractivity contribution in [1.82, 2.24) is 0 Å². The van der Waals surface area contributed by atoms with Gasteiger partial charge in [0.25, 0.3) is 0 Å². The van der Waals surface area contributed by atoms with Gasteiger partial charge in [0.1, 0.15) is 0 Å². The molecule has 2 rings (SSSR count). The van der Waals surface area contributed by atoms with Gasteiger partial charge in [0.2, 0.25) is 0 Å². The molecule has 106 valence electrons. The maximum Gasteiger partial charge on any atom is 0.187 e. The second-order valence-electron chi connectivity index (χ2n) is 4.35. The quantitative estimate of drug-likeness (QED) is 0.540. The molecule has 0 heterocycles. The van der Waals surface area contributed by atoms with E-state index in [4.69, 9.17) is 11.8 Å². The van der Waals surface area contributed by atoms with Gasteiger partial charge in [-0.25, -0.2) is 4.85 Å². The Morgan fingerprint density at radius 2 is 1.04 bits per heavy atom. The molecule has 0 spiro atoms. The number of nitriles is 1. The van der Waals surface area contributed by atoms with Gasteiger partial charge in [-0.2, -0.15) is 5.26 Å². The first-order chi connectivity index (χ1) is 11.8. The summed E-state index contributed by atoms with van der Waals surface area (Å²) in [6.45, 7) is 6.86. The molecule has 0 saturated carbocycles. The molecule has 2 aromatic rings. The first kappa shape index (κ1) is 16.0. The first-order valence-corrected chi connectivity index (χ1v) is 6.81. The molecule has 24 heavy (non-hydrogen) atoms. The van der Waals surface area contributed by atoms with Crippen molar-refractivity contribution in [3.8, 4) is 53.4 Å². The molecule has 0 aliphatic rings. The van der Waals surface area contributed by atoms with E-state index in [2.05, 4.69) is 52.2 Å². The highest BCUT2D eigenvalue weighted by Crippen LogP contribution is 2.11. The number of nitrogens with zero attached hydrogens (tertiary/aromatic N) is 2. The Kier molecular flexibility index (Phi) is 5.91. The minimum Gasteiger partial charge on any atom is -0.238 e. The zero-order valence-electron chi connectivity index (χ0n) is 12.5. The summed E-state index contributed by atoms with van der Waals surface area (Å²) < 4.78 is 0. The molecule has 2 aromatic carbocycles. The zero-order valence-corrected chi connectivity index (χ0v) is 12.5. The largest absolute Gasteiger partial charge is 0.238 e. The Morgan fingerprint density at radius 3 is 1.50 bits per heavy atom. The molecular weight excluding hydrogens is 292 g/mol. The van der Waals surface area contributed by atoms with E-state index in [1.807, 2.05) is 6.07 Å². The summed E-state index contributed by atoms with van der Waals surface area (Å²) >= 11 is 0. The maximum absolute atomic E-state index is 8.70. The standard InChI is InChI=1S/C22H8N2/c1-24-22-16-14-20(15-17-22)9-7-5-3-2-4-6-8-19-10-12-21(18-23)13-11-19/h10-17H. The second kappa shape index (κ2) is 8.84. The minimum absolute atomic E-state index is 0.582. The average Bonchev–Trinajstić information content (AvgIpc) is 2.65. The lowest BCUT2D eigenvalue weighted by molar-refractivity contribution is 1.48. The van der Waals surface area contributed by atoms with E-state index in [-0.39, 0.29) is 0 Å². The van der Waals surface area contributed by atoms with Gasteiger partial charge in [0.05, 0.1) is 18.2 Å². The summed E-state index contributed by atoms with van der Waals surface area (Å²) in [5.41, 5.74) is 2.77. The molecular formula is C22H8N2. The van der Waals surface area contributed by atoms with Crippen LogP contribution >= 0.6 is 0 Å². The molecule has 0 aliphatic carbocycles. The van der Waals surface area contributed by atoms with Crippen LogP contribution in [0.15, 0.2) is 48.5 Å². The van der Waals surface area contributed by atoms with E-state index < -0.39 is 0 Å². The topological polar surface area (TPSA) is 28.1 Å². The van der Waals surface area contributed by atoms with Crippen LogP contribution in [0.25, 0.3) is 4.85 Å². The number of rotatable bonds is 0. The zero-order chi connectivity index (χ0) is 17.0. The highest BCUT2D eigenvalue weighted by Gasteiger charge is 1.89. The Morgan fingerprint density at radius 1 is 0.625 bits per heavy atom. The van der Waals surface area contributed by atoms with Crippen LogP contribution in [0.2, 0.25) is 0 Å². The van der Waals surface area contributed by atoms with Crippen molar-refractivity contribution in [2.45, 2.75) is 0 Å². The minimum atomic E-state index is 0.582. The molecule has 0 fully saturated rings. The summed E-state index contributed by atoms with van der Waals surface area (Å²) in [4.78, 5) is 3.31. The Bertz CT molecular complexity index is 968. The number of hydrogen-bond donors (Lipinski definition) is 0. The fourth-order valence-electron chi connectivity index (χ4n) is 1.58. The van der Waals surface area contributed by atoms with Gasteiger partial charge in [-0.3, -0.25) is 0 Å². The van der Waals surface area contributed by atoms with Gasteiger partial charge in [-0.1, -0.05) is 36.1 Å². The van der Waals surface area contributed by atoms with E-state index in [0.717, 1.165) is 11.1 Å². The Labute approximate surface area is 141 Å². The van der Waals surface area contributed by atoms with Crippen molar-refractivity contribution in [2.24, 2.45) is 0 Å². The third kappa shape index (κ3) is 5.21. The summed E-state index contributed by atoms with van der Waals surface area (Å²) in [7, 11) is 0. The summed E-state index contributed by atoms with van der Waals surface area (Å²) in [6.07, 6.45) is 0. The lowest BCUT2D eigenvalue weighted by atomic mass is 10.1. The van der Waals surface area contributed by atoms with Crippen LogP contribution in [0.3, 0.4) is 0 Å². The van der Waals surface area contributed by atoms with Crippen LogP contribution in [0, 0.1) is 65.3 Å². The molecule has 0 unspecified atom stereocenters. The van der Waals surface area contributed by atoms with E-state index >= 15 is 0 Å². The Hall–Kier alpha value is -4.34. The van der Waals surface area contributed by atoms with Crippen molar-refractivity contribution in [3.05, 3.63) is 76.6 Å².